The van der Waals surface area contributed by atoms with Crippen molar-refractivity contribution in [1.82, 2.24) is 4.98 Å². The molecule has 3 aromatic rings. The van der Waals surface area contributed by atoms with Crippen molar-refractivity contribution in [3.8, 4) is 11.1 Å². The summed E-state index contributed by atoms with van der Waals surface area (Å²) in [5, 5.41) is 0.126. The summed E-state index contributed by atoms with van der Waals surface area (Å²) < 4.78 is 40.3. The predicted octanol–water partition coefficient (Wildman–Crippen LogP) is 4.92. The van der Waals surface area contributed by atoms with E-state index in [0.717, 1.165) is 0 Å². The van der Waals surface area contributed by atoms with E-state index >= 15 is 0 Å². The lowest BCUT2D eigenvalue weighted by Gasteiger charge is -2.15. The van der Waals surface area contributed by atoms with Gasteiger partial charge in [0.05, 0.1) is 11.1 Å². The number of halogens is 3. The van der Waals surface area contributed by atoms with Gasteiger partial charge in [-0.2, -0.15) is 13.2 Å². The zero-order valence-electron chi connectivity index (χ0n) is 10.4. The van der Waals surface area contributed by atoms with E-state index in [9.17, 15) is 13.2 Å². The van der Waals surface area contributed by atoms with E-state index in [1.807, 2.05) is 0 Å². The highest BCUT2D eigenvalue weighted by molar-refractivity contribution is 5.89. The van der Waals surface area contributed by atoms with Crippen molar-refractivity contribution in [1.29, 1.82) is 0 Å². The highest BCUT2D eigenvalue weighted by Crippen LogP contribution is 2.40. The van der Waals surface area contributed by atoms with Crippen molar-refractivity contribution in [3.63, 3.8) is 0 Å². The van der Waals surface area contributed by atoms with Crippen LogP contribution in [0.1, 0.15) is 5.56 Å². The Hall–Kier alpha value is -2.36. The Bertz CT molecular complexity index is 749. The maximum Gasteiger partial charge on any atom is 0.417 e. The van der Waals surface area contributed by atoms with Crippen molar-refractivity contribution in [2.45, 2.75) is 6.18 Å². The van der Waals surface area contributed by atoms with Crippen LogP contribution in [0, 0.1) is 0 Å². The average Bonchev–Trinajstić information content (AvgIpc) is 2.46. The first kappa shape index (κ1) is 12.7. The fourth-order valence-electron chi connectivity index (χ4n) is 2.28. The van der Waals surface area contributed by atoms with Crippen LogP contribution in [0.4, 0.5) is 13.2 Å². The van der Waals surface area contributed by atoms with Gasteiger partial charge < -0.3 is 0 Å². The summed E-state index contributed by atoms with van der Waals surface area (Å²) >= 11 is 0. The molecule has 3 rings (SSSR count). The van der Waals surface area contributed by atoms with Gasteiger partial charge in [0.2, 0.25) is 0 Å². The molecule has 0 spiro atoms. The van der Waals surface area contributed by atoms with Crippen molar-refractivity contribution in [3.05, 3.63) is 66.4 Å². The molecule has 0 aliphatic carbocycles. The van der Waals surface area contributed by atoms with Gasteiger partial charge in [0.1, 0.15) is 0 Å². The zero-order valence-corrected chi connectivity index (χ0v) is 10.4. The summed E-state index contributed by atoms with van der Waals surface area (Å²) in [7, 11) is 0. The minimum Gasteiger partial charge on any atom is -0.256 e. The molecule has 0 unspecified atom stereocenters. The second kappa shape index (κ2) is 4.63. The van der Waals surface area contributed by atoms with Gasteiger partial charge in [-0.25, -0.2) is 0 Å². The average molecular weight is 273 g/mol. The van der Waals surface area contributed by atoms with Gasteiger partial charge in [0.25, 0.3) is 0 Å². The monoisotopic (exact) mass is 273 g/mol. The summed E-state index contributed by atoms with van der Waals surface area (Å²) in [5.41, 5.74) is 0.337. The number of hydrogen-bond donors (Lipinski definition) is 0. The van der Waals surface area contributed by atoms with Crippen molar-refractivity contribution >= 4 is 10.9 Å². The summed E-state index contributed by atoms with van der Waals surface area (Å²) in [6, 6.07) is 14.8. The number of pyridine rings is 1. The third-order valence-corrected chi connectivity index (χ3v) is 3.14. The molecule has 2 aromatic carbocycles. The van der Waals surface area contributed by atoms with Crippen LogP contribution in [0.15, 0.2) is 60.8 Å². The van der Waals surface area contributed by atoms with Crippen LogP contribution in [-0.4, -0.2) is 4.98 Å². The Morgan fingerprint density at radius 1 is 0.800 bits per heavy atom. The van der Waals surface area contributed by atoms with Gasteiger partial charge in [0, 0.05) is 17.1 Å². The molecule has 1 nitrogen and oxygen atoms in total. The molecule has 1 heterocycles. The lowest BCUT2D eigenvalue weighted by molar-refractivity contribution is -0.135. The quantitative estimate of drug-likeness (QED) is 0.613. The smallest absolute Gasteiger partial charge is 0.256 e. The van der Waals surface area contributed by atoms with E-state index in [4.69, 9.17) is 0 Å². The van der Waals surface area contributed by atoms with Crippen molar-refractivity contribution in [2.75, 3.05) is 0 Å². The van der Waals surface area contributed by atoms with Crippen molar-refractivity contribution < 1.29 is 13.2 Å². The first-order valence-corrected chi connectivity index (χ1v) is 6.08. The van der Waals surface area contributed by atoms with Gasteiger partial charge in [0.15, 0.2) is 0 Å². The Labute approximate surface area is 113 Å². The van der Waals surface area contributed by atoms with Crippen molar-refractivity contribution in [2.24, 2.45) is 0 Å². The van der Waals surface area contributed by atoms with E-state index in [2.05, 4.69) is 4.98 Å². The van der Waals surface area contributed by atoms with Gasteiger partial charge >= 0.3 is 6.18 Å². The summed E-state index contributed by atoms with van der Waals surface area (Å²) in [5.74, 6) is 0. The molecule has 0 fully saturated rings. The Morgan fingerprint density at radius 2 is 1.45 bits per heavy atom. The maximum absolute atomic E-state index is 13.4. The maximum atomic E-state index is 13.4. The topological polar surface area (TPSA) is 12.9 Å². The number of aromatic nitrogens is 1. The summed E-state index contributed by atoms with van der Waals surface area (Å²) in [4.78, 5) is 4.13. The second-order valence-electron chi connectivity index (χ2n) is 4.43. The molecule has 0 radical (unpaired) electrons. The molecule has 0 aliphatic heterocycles. The number of nitrogens with zero attached hydrogens (tertiary/aromatic N) is 1. The lowest BCUT2D eigenvalue weighted by atomic mass is 9.97. The minimum absolute atomic E-state index is 0.108. The summed E-state index contributed by atoms with van der Waals surface area (Å²) in [6.45, 7) is 0. The number of fused-ring (bicyclic) bond motifs is 1. The molecule has 0 saturated heterocycles. The molecule has 0 amide bonds. The van der Waals surface area contributed by atoms with Crippen LogP contribution in [0.5, 0.6) is 0 Å². The van der Waals surface area contributed by atoms with Gasteiger partial charge in [-0.1, -0.05) is 48.5 Å². The largest absolute Gasteiger partial charge is 0.417 e. The predicted molar refractivity (Wildman–Crippen MR) is 72.2 cm³/mol. The normalized spacial score (nSPS) is 11.8. The molecule has 1 aromatic heterocycles. The zero-order chi connectivity index (χ0) is 14.2. The molecule has 20 heavy (non-hydrogen) atoms. The molecule has 4 heteroatoms. The Morgan fingerprint density at radius 3 is 2.15 bits per heavy atom. The number of benzene rings is 2. The third kappa shape index (κ3) is 2.13. The molecule has 0 saturated carbocycles. The van der Waals surface area contributed by atoms with Crippen LogP contribution in [0.25, 0.3) is 22.0 Å². The van der Waals surface area contributed by atoms with Crippen LogP contribution < -0.4 is 0 Å². The van der Waals surface area contributed by atoms with E-state index in [-0.39, 0.29) is 10.9 Å². The van der Waals surface area contributed by atoms with Crippen LogP contribution in [0.2, 0.25) is 0 Å². The van der Waals surface area contributed by atoms with Crippen LogP contribution in [0.3, 0.4) is 0 Å². The molecule has 0 atom stereocenters. The van der Waals surface area contributed by atoms with E-state index in [1.165, 1.54) is 12.3 Å². The summed E-state index contributed by atoms with van der Waals surface area (Å²) in [6.07, 6.45) is -3.13. The van der Waals surface area contributed by atoms with E-state index in [1.54, 1.807) is 48.5 Å². The Balaban J connectivity index is 2.38. The molecule has 0 bridgehead atoms. The Kier molecular flexibility index (Phi) is 2.93. The first-order chi connectivity index (χ1) is 9.57. The molecular formula is C16H10F3N. The van der Waals surface area contributed by atoms with Crippen LogP contribution in [-0.2, 0) is 6.18 Å². The number of rotatable bonds is 1. The highest BCUT2D eigenvalue weighted by atomic mass is 19.4. The number of alkyl halides is 3. The molecule has 100 valence electrons. The lowest BCUT2D eigenvalue weighted by Crippen LogP contribution is -2.09. The minimum atomic E-state index is -4.42. The van der Waals surface area contributed by atoms with E-state index < -0.39 is 11.7 Å². The third-order valence-electron chi connectivity index (χ3n) is 3.14. The van der Waals surface area contributed by atoms with Gasteiger partial charge in [-0.05, 0) is 11.6 Å². The number of hydrogen-bond acceptors (Lipinski definition) is 1. The molecule has 0 aliphatic rings. The SMILES string of the molecule is FC(F)(F)c1c(-c2ccccc2)cnc2ccccc12. The fourth-order valence-corrected chi connectivity index (χ4v) is 2.28. The molecular weight excluding hydrogens is 263 g/mol. The van der Waals surface area contributed by atoms with Gasteiger partial charge in [-0.15, -0.1) is 0 Å². The fraction of sp³-hybridized carbons (Fsp3) is 0.0625. The second-order valence-corrected chi connectivity index (χ2v) is 4.43. The van der Waals surface area contributed by atoms with Gasteiger partial charge in [-0.3, -0.25) is 4.98 Å². The first-order valence-electron chi connectivity index (χ1n) is 6.08. The number of para-hydroxylation sites is 1. The highest BCUT2D eigenvalue weighted by Gasteiger charge is 2.36. The molecule has 0 N–H and O–H groups in total. The van der Waals surface area contributed by atoms with E-state index in [0.29, 0.717) is 11.1 Å². The standard InChI is InChI=1S/C16H10F3N/c17-16(18,19)15-12-8-4-5-9-14(12)20-10-13(15)11-6-2-1-3-7-11/h1-10H. The van der Waals surface area contributed by atoms with Crippen LogP contribution >= 0.6 is 0 Å².